The van der Waals surface area contributed by atoms with Gasteiger partial charge in [0.25, 0.3) is 0 Å². The number of hydrogen-bond acceptors (Lipinski definition) is 4. The third-order valence-corrected chi connectivity index (χ3v) is 4.29. The average molecular weight is 341 g/mol. The van der Waals surface area contributed by atoms with Crippen molar-refractivity contribution in [3.05, 3.63) is 24.3 Å². The van der Waals surface area contributed by atoms with Crippen molar-refractivity contribution in [1.29, 1.82) is 0 Å². The highest BCUT2D eigenvalue weighted by molar-refractivity contribution is 5.89. The normalized spacial score (nSPS) is 24.3. The zero-order valence-corrected chi connectivity index (χ0v) is 13.2. The fourth-order valence-electron chi connectivity index (χ4n) is 3.20. The van der Waals surface area contributed by atoms with Crippen LogP contribution in [0.4, 0.5) is 19.3 Å². The molecule has 2 aliphatic heterocycles. The highest BCUT2D eigenvalue weighted by Gasteiger charge is 2.35. The minimum atomic E-state index is -2.90. The molecule has 0 bridgehead atoms. The van der Waals surface area contributed by atoms with Gasteiger partial charge in [0.05, 0.1) is 25.3 Å². The number of ether oxygens (including phenoxy) is 2. The number of rotatable bonds is 5. The number of carbonyl (C=O) groups excluding carboxylic acids is 1. The Morgan fingerprint density at radius 3 is 2.83 bits per heavy atom. The predicted octanol–water partition coefficient (Wildman–Crippen LogP) is 2.27. The van der Waals surface area contributed by atoms with E-state index in [1.807, 2.05) is 0 Å². The van der Waals surface area contributed by atoms with Gasteiger partial charge in [0.2, 0.25) is 0 Å². The average Bonchev–Trinajstić information content (AvgIpc) is 3.17. The van der Waals surface area contributed by atoms with Gasteiger partial charge in [-0.3, -0.25) is 4.90 Å². The molecule has 2 atom stereocenters. The summed E-state index contributed by atoms with van der Waals surface area (Å²) in [4.78, 5) is 14.5. The van der Waals surface area contributed by atoms with Crippen LogP contribution in [0.15, 0.2) is 24.3 Å². The molecule has 2 heterocycles. The monoisotopic (exact) mass is 341 g/mol. The summed E-state index contributed by atoms with van der Waals surface area (Å²) < 4.78 is 34.3. The Balaban J connectivity index is 1.55. The second-order valence-corrected chi connectivity index (χ2v) is 5.96. The number of amides is 2. The molecule has 1 aromatic rings. The molecule has 2 aliphatic rings. The summed E-state index contributed by atoms with van der Waals surface area (Å²) >= 11 is 0. The number of nitrogens with one attached hydrogen (secondary N) is 2. The van der Waals surface area contributed by atoms with Crippen molar-refractivity contribution in [2.75, 3.05) is 31.6 Å². The van der Waals surface area contributed by atoms with Gasteiger partial charge in [-0.15, -0.1) is 0 Å². The van der Waals surface area contributed by atoms with Gasteiger partial charge < -0.3 is 20.1 Å². The lowest BCUT2D eigenvalue weighted by Gasteiger charge is -2.27. The van der Waals surface area contributed by atoms with E-state index in [4.69, 9.17) is 4.74 Å². The summed E-state index contributed by atoms with van der Waals surface area (Å²) in [5.41, 5.74) is 0.391. The molecule has 2 N–H and O–H groups in total. The molecule has 0 spiro atoms. The Kier molecular flexibility index (Phi) is 5.47. The summed E-state index contributed by atoms with van der Waals surface area (Å²) in [6, 6.07) is 5.64. The molecule has 2 fully saturated rings. The fraction of sp³-hybridized carbons (Fsp3) is 0.562. The van der Waals surface area contributed by atoms with Gasteiger partial charge >= 0.3 is 12.6 Å². The van der Waals surface area contributed by atoms with E-state index < -0.39 is 6.61 Å². The van der Waals surface area contributed by atoms with E-state index in [0.717, 1.165) is 13.1 Å². The summed E-state index contributed by atoms with van der Waals surface area (Å²) in [6.45, 7) is 0.249. The molecule has 3 rings (SSSR count). The van der Waals surface area contributed by atoms with Crippen LogP contribution >= 0.6 is 0 Å². The minimum Gasteiger partial charge on any atom is -0.435 e. The van der Waals surface area contributed by atoms with Crippen LogP contribution in [0, 0.1) is 0 Å². The summed E-state index contributed by atoms with van der Waals surface area (Å²) in [5, 5.41) is 5.55. The van der Waals surface area contributed by atoms with Crippen LogP contribution in [0.5, 0.6) is 5.75 Å². The fourth-order valence-corrected chi connectivity index (χ4v) is 3.20. The molecular formula is C16H21F2N3O3. The SMILES string of the molecule is O=C(Nc1cccc(OC(F)F)c1)N[C@@H]1COC[C@H]1N1CCCC1. The second kappa shape index (κ2) is 7.76. The zero-order valence-electron chi connectivity index (χ0n) is 13.2. The Hall–Kier alpha value is -1.93. The van der Waals surface area contributed by atoms with Crippen molar-refractivity contribution in [3.63, 3.8) is 0 Å². The quantitative estimate of drug-likeness (QED) is 0.862. The van der Waals surface area contributed by atoms with Gasteiger partial charge in [-0.1, -0.05) is 6.07 Å². The zero-order chi connectivity index (χ0) is 16.9. The number of halogens is 2. The first-order chi connectivity index (χ1) is 11.6. The maximum atomic E-state index is 12.2. The van der Waals surface area contributed by atoms with Crippen LogP contribution < -0.4 is 15.4 Å². The van der Waals surface area contributed by atoms with E-state index in [1.54, 1.807) is 12.1 Å². The predicted molar refractivity (Wildman–Crippen MR) is 84.4 cm³/mol. The number of benzene rings is 1. The highest BCUT2D eigenvalue weighted by atomic mass is 19.3. The molecule has 1 aromatic carbocycles. The molecular weight excluding hydrogens is 320 g/mol. The Bertz CT molecular complexity index is 567. The van der Waals surface area contributed by atoms with Crippen LogP contribution in [-0.2, 0) is 4.74 Å². The maximum absolute atomic E-state index is 12.2. The van der Waals surface area contributed by atoms with Crippen molar-refractivity contribution >= 4 is 11.7 Å². The molecule has 0 saturated carbocycles. The van der Waals surface area contributed by atoms with Crippen molar-refractivity contribution in [2.45, 2.75) is 31.5 Å². The van der Waals surface area contributed by atoms with E-state index in [0.29, 0.717) is 18.9 Å². The third kappa shape index (κ3) is 4.33. The number of nitrogens with zero attached hydrogens (tertiary/aromatic N) is 1. The lowest BCUT2D eigenvalue weighted by atomic mass is 10.1. The topological polar surface area (TPSA) is 62.8 Å². The van der Waals surface area contributed by atoms with Crippen LogP contribution in [0.2, 0.25) is 0 Å². The highest BCUT2D eigenvalue weighted by Crippen LogP contribution is 2.21. The van der Waals surface area contributed by atoms with Gasteiger partial charge in [-0.05, 0) is 38.1 Å². The number of urea groups is 1. The van der Waals surface area contributed by atoms with Gasteiger partial charge in [-0.2, -0.15) is 8.78 Å². The van der Waals surface area contributed by atoms with Crippen LogP contribution in [0.25, 0.3) is 0 Å². The molecule has 132 valence electrons. The first-order valence-corrected chi connectivity index (χ1v) is 8.06. The van der Waals surface area contributed by atoms with Crippen molar-refractivity contribution in [3.8, 4) is 5.75 Å². The molecule has 2 saturated heterocycles. The van der Waals surface area contributed by atoms with Gasteiger partial charge in [-0.25, -0.2) is 4.79 Å². The number of carbonyl (C=O) groups is 1. The Morgan fingerprint density at radius 1 is 1.29 bits per heavy atom. The minimum absolute atomic E-state index is 0.00180. The van der Waals surface area contributed by atoms with Crippen LogP contribution in [-0.4, -0.2) is 55.9 Å². The summed E-state index contributed by atoms with van der Waals surface area (Å²) in [5.74, 6) is 0.00180. The van der Waals surface area contributed by atoms with E-state index in [-0.39, 0.29) is 23.9 Å². The van der Waals surface area contributed by atoms with Gasteiger partial charge in [0, 0.05) is 11.8 Å². The number of alkyl halides is 2. The second-order valence-electron chi connectivity index (χ2n) is 5.96. The van der Waals surface area contributed by atoms with E-state index in [2.05, 4.69) is 20.3 Å². The molecule has 0 aliphatic carbocycles. The van der Waals surface area contributed by atoms with Crippen LogP contribution in [0.1, 0.15) is 12.8 Å². The molecule has 0 unspecified atom stereocenters. The Labute approximate surface area is 139 Å². The number of hydrogen-bond donors (Lipinski definition) is 2. The third-order valence-electron chi connectivity index (χ3n) is 4.29. The maximum Gasteiger partial charge on any atom is 0.387 e. The first-order valence-electron chi connectivity index (χ1n) is 8.06. The van der Waals surface area contributed by atoms with Gasteiger partial charge in [0.15, 0.2) is 0 Å². The summed E-state index contributed by atoms with van der Waals surface area (Å²) in [6.07, 6.45) is 2.35. The van der Waals surface area contributed by atoms with E-state index >= 15 is 0 Å². The molecule has 24 heavy (non-hydrogen) atoms. The van der Waals surface area contributed by atoms with Crippen molar-refractivity contribution < 1.29 is 23.0 Å². The van der Waals surface area contributed by atoms with E-state index in [1.165, 1.54) is 25.0 Å². The molecule has 6 nitrogen and oxygen atoms in total. The van der Waals surface area contributed by atoms with Crippen molar-refractivity contribution in [1.82, 2.24) is 10.2 Å². The molecule has 2 amide bonds. The van der Waals surface area contributed by atoms with Crippen molar-refractivity contribution in [2.24, 2.45) is 0 Å². The summed E-state index contributed by atoms with van der Waals surface area (Å²) in [7, 11) is 0. The molecule has 8 heteroatoms. The lowest BCUT2D eigenvalue weighted by Crippen LogP contribution is -2.51. The smallest absolute Gasteiger partial charge is 0.387 e. The first kappa shape index (κ1) is 16.9. The van der Waals surface area contributed by atoms with E-state index in [9.17, 15) is 13.6 Å². The Morgan fingerprint density at radius 2 is 2.08 bits per heavy atom. The standard InChI is InChI=1S/C16H21F2N3O3/c17-15(18)24-12-5-3-4-11(8-12)19-16(22)20-13-9-23-10-14(13)21-6-1-2-7-21/h3-5,8,13-15H,1-2,6-7,9-10H2,(H2,19,20,22)/t13-,14-/m1/s1. The molecule has 0 radical (unpaired) electrons. The number of anilines is 1. The van der Waals surface area contributed by atoms with Crippen LogP contribution in [0.3, 0.4) is 0 Å². The largest absolute Gasteiger partial charge is 0.435 e. The molecule has 0 aromatic heterocycles. The van der Waals surface area contributed by atoms with Gasteiger partial charge in [0.1, 0.15) is 5.75 Å². The lowest BCUT2D eigenvalue weighted by molar-refractivity contribution is -0.0497. The number of likely N-dealkylation sites (tertiary alicyclic amines) is 1.